The van der Waals surface area contributed by atoms with Crippen LogP contribution < -0.4 is 5.32 Å². The van der Waals surface area contributed by atoms with Gasteiger partial charge in [-0.3, -0.25) is 0 Å². The molecule has 0 aliphatic heterocycles. The van der Waals surface area contributed by atoms with Gasteiger partial charge in [0, 0.05) is 17.0 Å². The molecule has 0 spiro atoms. The van der Waals surface area contributed by atoms with Crippen LogP contribution in [0.4, 0.5) is 5.82 Å². The standard InChI is InChI=1S/C21H17Cl2N3S/c1-2-15-11-16-20(24-12-13-8-9-17(22)18(23)10-13)25-19(26-21(16)27-15)14-6-4-3-5-7-14/h3-11H,2,12H2,1H3,(H,24,25,26). The van der Waals surface area contributed by atoms with Crippen LogP contribution in [-0.4, -0.2) is 9.97 Å². The smallest absolute Gasteiger partial charge is 0.163 e. The van der Waals surface area contributed by atoms with Crippen molar-refractivity contribution in [2.75, 3.05) is 5.32 Å². The van der Waals surface area contributed by atoms with Gasteiger partial charge in [0.2, 0.25) is 0 Å². The Labute approximate surface area is 172 Å². The summed E-state index contributed by atoms with van der Waals surface area (Å²) in [4.78, 5) is 11.9. The summed E-state index contributed by atoms with van der Waals surface area (Å²) >= 11 is 13.9. The Balaban J connectivity index is 1.73. The summed E-state index contributed by atoms with van der Waals surface area (Å²) in [7, 11) is 0. The lowest BCUT2D eigenvalue weighted by molar-refractivity contribution is 1.11. The normalized spacial score (nSPS) is 11.1. The third-order valence-corrected chi connectivity index (χ3v) is 6.18. The Morgan fingerprint density at radius 1 is 0.963 bits per heavy atom. The third kappa shape index (κ3) is 3.93. The Morgan fingerprint density at radius 2 is 1.78 bits per heavy atom. The van der Waals surface area contributed by atoms with Crippen LogP contribution in [0.15, 0.2) is 54.6 Å². The van der Waals surface area contributed by atoms with Gasteiger partial charge in [0.25, 0.3) is 0 Å². The number of hydrogen-bond donors (Lipinski definition) is 1. The number of benzene rings is 2. The van der Waals surface area contributed by atoms with E-state index in [-0.39, 0.29) is 0 Å². The summed E-state index contributed by atoms with van der Waals surface area (Å²) < 4.78 is 0. The van der Waals surface area contributed by atoms with Crippen LogP contribution in [0.5, 0.6) is 0 Å². The van der Waals surface area contributed by atoms with Crippen molar-refractivity contribution in [2.24, 2.45) is 0 Å². The number of nitrogens with zero attached hydrogens (tertiary/aromatic N) is 2. The first-order valence-electron chi connectivity index (χ1n) is 8.67. The van der Waals surface area contributed by atoms with E-state index in [1.165, 1.54) is 4.88 Å². The van der Waals surface area contributed by atoms with Gasteiger partial charge in [-0.05, 0) is 30.2 Å². The predicted octanol–water partition coefficient (Wildman–Crippen LogP) is 6.84. The average Bonchev–Trinajstić information content (AvgIpc) is 3.12. The number of halogens is 2. The van der Waals surface area contributed by atoms with Gasteiger partial charge in [0.05, 0.1) is 15.4 Å². The number of hydrogen-bond acceptors (Lipinski definition) is 4. The molecule has 0 aliphatic rings. The molecule has 0 saturated carbocycles. The maximum atomic E-state index is 6.13. The second-order valence-electron chi connectivity index (χ2n) is 6.15. The number of anilines is 1. The minimum atomic E-state index is 0.553. The van der Waals surface area contributed by atoms with Crippen molar-refractivity contribution in [3.63, 3.8) is 0 Å². The highest BCUT2D eigenvalue weighted by Crippen LogP contribution is 2.32. The van der Waals surface area contributed by atoms with Crippen LogP contribution in [0.2, 0.25) is 10.0 Å². The van der Waals surface area contributed by atoms with Crippen LogP contribution in [0.25, 0.3) is 21.6 Å². The summed E-state index contributed by atoms with van der Waals surface area (Å²) in [6, 6.07) is 17.9. The molecule has 0 radical (unpaired) electrons. The zero-order valence-corrected chi connectivity index (χ0v) is 17.0. The predicted molar refractivity (Wildman–Crippen MR) is 116 cm³/mol. The molecule has 4 rings (SSSR count). The molecule has 0 saturated heterocycles. The molecule has 1 N–H and O–H groups in total. The van der Waals surface area contributed by atoms with E-state index < -0.39 is 0 Å². The Morgan fingerprint density at radius 3 is 2.52 bits per heavy atom. The van der Waals surface area contributed by atoms with Crippen LogP contribution >= 0.6 is 34.5 Å². The molecule has 0 amide bonds. The summed E-state index contributed by atoms with van der Waals surface area (Å²) in [5, 5.41) is 5.61. The molecular formula is C21H17Cl2N3S. The molecular weight excluding hydrogens is 397 g/mol. The summed E-state index contributed by atoms with van der Waals surface area (Å²) in [6.07, 6.45) is 0.980. The molecule has 6 heteroatoms. The second-order valence-corrected chi connectivity index (χ2v) is 8.08. The number of aromatic nitrogens is 2. The molecule has 2 aromatic heterocycles. The quantitative estimate of drug-likeness (QED) is 0.389. The molecule has 2 heterocycles. The van der Waals surface area contributed by atoms with Gasteiger partial charge in [-0.25, -0.2) is 9.97 Å². The number of rotatable bonds is 5. The average molecular weight is 414 g/mol. The van der Waals surface area contributed by atoms with Gasteiger partial charge in [0.1, 0.15) is 10.6 Å². The van der Waals surface area contributed by atoms with Crippen molar-refractivity contribution < 1.29 is 0 Å². The SMILES string of the molecule is CCc1cc2c(NCc3ccc(Cl)c(Cl)c3)nc(-c3ccccc3)nc2s1. The van der Waals surface area contributed by atoms with Crippen LogP contribution in [0.3, 0.4) is 0 Å². The second kappa shape index (κ2) is 7.85. The molecule has 27 heavy (non-hydrogen) atoms. The van der Waals surface area contributed by atoms with Crippen molar-refractivity contribution in [3.8, 4) is 11.4 Å². The third-order valence-electron chi connectivity index (χ3n) is 4.27. The van der Waals surface area contributed by atoms with Crippen molar-refractivity contribution in [3.05, 3.63) is 75.1 Å². The summed E-state index contributed by atoms with van der Waals surface area (Å²) in [6.45, 7) is 2.76. The highest BCUT2D eigenvalue weighted by Gasteiger charge is 2.13. The number of fused-ring (bicyclic) bond motifs is 1. The van der Waals surface area contributed by atoms with E-state index >= 15 is 0 Å². The van der Waals surface area contributed by atoms with Gasteiger partial charge in [-0.15, -0.1) is 11.3 Å². The molecule has 0 atom stereocenters. The molecule has 2 aromatic carbocycles. The van der Waals surface area contributed by atoms with E-state index in [1.807, 2.05) is 48.5 Å². The van der Waals surface area contributed by atoms with Crippen molar-refractivity contribution in [2.45, 2.75) is 19.9 Å². The lowest BCUT2D eigenvalue weighted by Gasteiger charge is -2.10. The molecule has 136 valence electrons. The Hall–Kier alpha value is -2.14. The van der Waals surface area contributed by atoms with E-state index in [4.69, 9.17) is 33.2 Å². The molecule has 0 aliphatic carbocycles. The zero-order valence-electron chi connectivity index (χ0n) is 14.7. The maximum Gasteiger partial charge on any atom is 0.163 e. The molecule has 4 aromatic rings. The van der Waals surface area contributed by atoms with E-state index in [9.17, 15) is 0 Å². The first-order chi connectivity index (χ1) is 13.1. The fourth-order valence-electron chi connectivity index (χ4n) is 2.83. The maximum absolute atomic E-state index is 6.13. The zero-order chi connectivity index (χ0) is 18.8. The largest absolute Gasteiger partial charge is 0.365 e. The Bertz CT molecular complexity index is 1090. The minimum absolute atomic E-state index is 0.553. The summed E-state index contributed by atoms with van der Waals surface area (Å²) in [5.74, 6) is 1.56. The fourth-order valence-corrected chi connectivity index (χ4v) is 4.12. The van der Waals surface area contributed by atoms with Crippen LogP contribution in [0, 0.1) is 0 Å². The number of nitrogens with one attached hydrogen (secondary N) is 1. The van der Waals surface area contributed by atoms with Gasteiger partial charge in [-0.1, -0.05) is 66.5 Å². The van der Waals surface area contributed by atoms with Gasteiger partial charge >= 0.3 is 0 Å². The molecule has 0 fully saturated rings. The van der Waals surface area contributed by atoms with Gasteiger partial charge < -0.3 is 5.32 Å². The Kier molecular flexibility index (Phi) is 5.30. The van der Waals surface area contributed by atoms with Crippen molar-refractivity contribution >= 4 is 50.6 Å². The lowest BCUT2D eigenvalue weighted by atomic mass is 10.2. The number of aryl methyl sites for hydroxylation is 1. The van der Waals surface area contributed by atoms with E-state index in [2.05, 4.69) is 18.3 Å². The highest BCUT2D eigenvalue weighted by molar-refractivity contribution is 7.18. The van der Waals surface area contributed by atoms with Gasteiger partial charge in [0.15, 0.2) is 5.82 Å². The molecule has 0 bridgehead atoms. The van der Waals surface area contributed by atoms with E-state index in [0.29, 0.717) is 16.6 Å². The molecule has 0 unspecified atom stereocenters. The van der Waals surface area contributed by atoms with Crippen molar-refractivity contribution in [1.29, 1.82) is 0 Å². The number of thiophene rings is 1. The minimum Gasteiger partial charge on any atom is -0.365 e. The first-order valence-corrected chi connectivity index (χ1v) is 10.2. The lowest BCUT2D eigenvalue weighted by Crippen LogP contribution is -2.03. The first kappa shape index (κ1) is 18.2. The molecule has 3 nitrogen and oxygen atoms in total. The monoisotopic (exact) mass is 413 g/mol. The topological polar surface area (TPSA) is 37.8 Å². The summed E-state index contributed by atoms with van der Waals surface area (Å²) in [5.41, 5.74) is 2.05. The van der Waals surface area contributed by atoms with Gasteiger partial charge in [-0.2, -0.15) is 0 Å². The van der Waals surface area contributed by atoms with Crippen LogP contribution in [-0.2, 0) is 13.0 Å². The van der Waals surface area contributed by atoms with Crippen molar-refractivity contribution in [1.82, 2.24) is 9.97 Å². The van der Waals surface area contributed by atoms with Crippen LogP contribution in [0.1, 0.15) is 17.4 Å². The van der Waals surface area contributed by atoms with E-state index in [1.54, 1.807) is 11.3 Å². The fraction of sp³-hybridized carbons (Fsp3) is 0.143. The van der Waals surface area contributed by atoms with E-state index in [0.717, 1.165) is 39.4 Å². The highest BCUT2D eigenvalue weighted by atomic mass is 35.5.